The van der Waals surface area contributed by atoms with Gasteiger partial charge >= 0.3 is 28.4 Å². The molecule has 41 nitrogen and oxygen atoms in total. The van der Waals surface area contributed by atoms with E-state index in [9.17, 15) is 24.0 Å². The highest BCUT2D eigenvalue weighted by Crippen LogP contribution is 2.34. The zero-order valence-electron chi connectivity index (χ0n) is 82.8. The van der Waals surface area contributed by atoms with E-state index in [1.54, 1.807) is 73.0 Å². The predicted octanol–water partition coefficient (Wildman–Crippen LogP) is 15.9. The summed E-state index contributed by atoms with van der Waals surface area (Å²) < 4.78 is 34.5. The Hall–Kier alpha value is -13.9. The van der Waals surface area contributed by atoms with Crippen molar-refractivity contribution in [1.82, 2.24) is 143 Å². The summed E-state index contributed by atoms with van der Waals surface area (Å²) in [7, 11) is 1.62. The lowest BCUT2D eigenvalue weighted by molar-refractivity contribution is 0.406. The number of nitrogen functional groups attached to an aromatic ring is 5. The Morgan fingerprint density at radius 1 is 0.282 bits per heavy atom. The molecule has 0 aliphatic carbocycles. The summed E-state index contributed by atoms with van der Waals surface area (Å²) in [5.41, 5.74) is 45.8. The number of hydrogen-bond acceptors (Lipinski definition) is 26. The van der Waals surface area contributed by atoms with Gasteiger partial charge in [-0.15, -0.1) is 0 Å². The highest BCUT2D eigenvalue weighted by atomic mass is 127. The van der Waals surface area contributed by atoms with Crippen molar-refractivity contribution in [1.29, 1.82) is 0 Å². The number of aromatic nitrogens is 30. The summed E-state index contributed by atoms with van der Waals surface area (Å²) in [5.74, 6) is 0.857. The average molecular weight is 2380 g/mol. The molecule has 0 saturated carbocycles. The first kappa shape index (κ1) is 108. The van der Waals surface area contributed by atoms with E-state index in [0.29, 0.717) is 118 Å². The second-order valence-corrected chi connectivity index (χ2v) is 40.2. The van der Waals surface area contributed by atoms with Crippen molar-refractivity contribution in [3.8, 4) is 5.75 Å². The molecule has 50 heteroatoms. The number of methoxy groups -OCH3 is 1. The lowest BCUT2D eigenvalue weighted by Crippen LogP contribution is -2.26. The van der Waals surface area contributed by atoms with Gasteiger partial charge in [0.05, 0.1) is 68.3 Å². The maximum atomic E-state index is 13.4. The fourth-order valence-corrected chi connectivity index (χ4v) is 20.2. The quantitative estimate of drug-likeness (QED) is 0.0215. The SMILES string of the molecule is COc1c(C)cnc(Cn2c(=O)n(CCCn3cccc3)c3c(Cl)nc(N)nc32)c1C.Cc1cnc(Cn2c(=O)n(CCCn3cccc3)c3c(Cl)nc(N)nc32)c(C)c1Br.Cc1cnc(Cn2c(=O)n(CCCn3cccc3)c3c(Cl)nc(N)nc32)c(C)c1Cl.Cc1cnc(Cn2c(=O)n(CCn3cccc3)c3c(Cl)nc(N)nc32)c(C)c1Br.Cc1cnc(Cn2c(=O)n(CCn3cccc3)c3c(Cl)nc(N)nc32)c(C)c1I. The Bertz CT molecular complexity index is 8290. The Morgan fingerprint density at radius 3 is 0.785 bits per heavy atom. The molecular weight excluding hydrogens is 2270 g/mol. The van der Waals surface area contributed by atoms with Crippen molar-refractivity contribution in [3.05, 3.63) is 333 Å². The molecule has 0 radical (unpaired) electrons. The van der Waals surface area contributed by atoms with Crippen LogP contribution in [0.3, 0.4) is 0 Å². The van der Waals surface area contributed by atoms with E-state index in [1.807, 2.05) is 207 Å². The van der Waals surface area contributed by atoms with Gasteiger partial charge in [0.15, 0.2) is 54.0 Å². The van der Waals surface area contributed by atoms with Crippen molar-refractivity contribution in [3.63, 3.8) is 0 Å². The number of aryl methyl sites for hydroxylation is 15. The van der Waals surface area contributed by atoms with E-state index in [1.165, 1.54) is 4.57 Å². The number of imidazole rings is 5. The monoisotopic (exact) mass is 2370 g/mol. The van der Waals surface area contributed by atoms with Gasteiger partial charge in [0.1, 0.15) is 33.3 Å². The fourth-order valence-electron chi connectivity index (χ4n) is 17.6. The van der Waals surface area contributed by atoms with Crippen LogP contribution < -0.4 is 61.9 Å². The smallest absolute Gasteiger partial charge is 0.330 e. The van der Waals surface area contributed by atoms with Crippen LogP contribution in [-0.2, 0) is 98.2 Å². The van der Waals surface area contributed by atoms with E-state index in [4.69, 9.17) is 103 Å². The van der Waals surface area contributed by atoms with E-state index in [0.717, 1.165) is 130 Å². The summed E-state index contributed by atoms with van der Waals surface area (Å²) in [6.45, 7) is 26.6. The van der Waals surface area contributed by atoms with Gasteiger partial charge in [0.25, 0.3) is 0 Å². The highest BCUT2D eigenvalue weighted by Gasteiger charge is 2.29. The molecule has 0 fully saturated rings. The largest absolute Gasteiger partial charge is 0.496 e. The van der Waals surface area contributed by atoms with Crippen LogP contribution in [0.5, 0.6) is 5.75 Å². The molecule has 0 amide bonds. The van der Waals surface area contributed by atoms with E-state index < -0.39 is 0 Å². The third kappa shape index (κ3) is 23.4. The summed E-state index contributed by atoms with van der Waals surface area (Å²) >= 11 is 47.7. The van der Waals surface area contributed by atoms with Crippen LogP contribution in [0.1, 0.15) is 103 Å². The van der Waals surface area contributed by atoms with Crippen LogP contribution in [0.2, 0.25) is 30.8 Å². The van der Waals surface area contributed by atoms with Crippen LogP contribution in [-0.4, -0.2) is 150 Å². The van der Waals surface area contributed by atoms with Gasteiger partial charge in [0, 0.05) is 187 Å². The number of rotatable bonds is 29. The molecule has 20 heterocycles. The third-order valence-electron chi connectivity index (χ3n) is 25.4. The number of pyridine rings is 5. The Kier molecular flexibility index (Phi) is 34.0. The molecule has 0 aromatic carbocycles. The normalized spacial score (nSPS) is 11.4. The molecular formula is C99H104Br2Cl6IN35O6. The molecule has 20 aromatic heterocycles. The van der Waals surface area contributed by atoms with Crippen LogP contribution in [0.25, 0.3) is 55.8 Å². The fraction of sp³-hybridized carbons (Fsp3) is 0.293. The van der Waals surface area contributed by atoms with Crippen molar-refractivity contribution in [2.45, 2.75) is 187 Å². The van der Waals surface area contributed by atoms with Crippen LogP contribution in [0, 0.1) is 72.8 Å². The second-order valence-electron chi connectivity index (χ2n) is 35.3. The standard InChI is InChI=1S/C21H24ClN7O2.C20H21BrClN7O.C20H21Cl2N7O.C19H19BrClN7O.C19H19ClIN7O/c1-13-11-24-15(14(2)17(13)31-3)12-29-19-16(18(22)25-20(23)26-19)28(21(29)30)10-6-9-27-7-4-5-8-27;2*1-12-10-24-14(13(2)15(12)21)11-29-18-16(17(22)25-19(23)26-18)28(20(29)30)9-5-8-27-6-3-4-7-27;1-11-9-23-13(12(2)14(11)20)10-28-17-15(16(21)24-18(22)25-17)27(19(28)29)8-7-26-5-3-4-6-26;1-11-9-23-13(12(2)14(11)21)10-28-17-15(16(20)24-18(22)25-17)27(19(28)29)8-7-26-5-3-4-6-26/h4-5,7-8,11H,6,9-10,12H2,1-3H3,(H2,23,25,26);2*3-4,6-7,10H,5,8-9,11H2,1-2H3,(H2,23,25,26);2*3-6,9H,7-8,10H2,1-2H3,(H2,22,24,25). The van der Waals surface area contributed by atoms with Gasteiger partial charge in [-0.2, -0.15) is 49.8 Å². The Balaban J connectivity index is 0.000000133. The summed E-state index contributed by atoms with van der Waals surface area (Å²) in [6.07, 6.45) is 30.7. The van der Waals surface area contributed by atoms with E-state index in [-0.39, 0.29) is 117 Å². The molecule has 774 valence electrons. The van der Waals surface area contributed by atoms with Crippen LogP contribution >= 0.6 is 124 Å². The maximum Gasteiger partial charge on any atom is 0.330 e. The molecule has 20 rings (SSSR count). The molecule has 0 spiro atoms. The minimum Gasteiger partial charge on any atom is -0.496 e. The summed E-state index contributed by atoms with van der Waals surface area (Å²) in [5, 5.41) is 1.44. The predicted molar refractivity (Wildman–Crippen MR) is 596 cm³/mol. The number of halogens is 9. The van der Waals surface area contributed by atoms with Crippen molar-refractivity contribution >= 4 is 210 Å². The van der Waals surface area contributed by atoms with Crippen LogP contribution in [0.15, 0.2) is 187 Å². The van der Waals surface area contributed by atoms with Crippen LogP contribution in [0.4, 0.5) is 29.7 Å². The Labute approximate surface area is 911 Å². The molecule has 0 atom stereocenters. The van der Waals surface area contributed by atoms with Crippen molar-refractivity contribution in [2.75, 3.05) is 35.8 Å². The molecule has 0 aliphatic heterocycles. The first-order chi connectivity index (χ1) is 71.4. The van der Waals surface area contributed by atoms with Gasteiger partial charge in [0.2, 0.25) is 29.7 Å². The number of nitrogens with two attached hydrogens (primary N) is 5. The molecule has 10 N–H and O–H groups in total. The van der Waals surface area contributed by atoms with Crippen molar-refractivity contribution < 1.29 is 4.74 Å². The maximum absolute atomic E-state index is 13.4. The number of ether oxygens (including phenoxy) is 1. The summed E-state index contributed by atoms with van der Waals surface area (Å²) in [4.78, 5) is 131. The van der Waals surface area contributed by atoms with Gasteiger partial charge < -0.3 is 56.2 Å². The number of nitrogens with zero attached hydrogens (tertiary/aromatic N) is 30. The molecule has 0 aliphatic rings. The van der Waals surface area contributed by atoms with Crippen molar-refractivity contribution in [2.24, 2.45) is 0 Å². The average Bonchev–Trinajstić information content (AvgIpc) is 1.62. The van der Waals surface area contributed by atoms with Gasteiger partial charge in [-0.3, -0.25) is 70.6 Å². The minimum atomic E-state index is -0.239. The lowest BCUT2D eigenvalue weighted by Gasteiger charge is -2.12. The minimum absolute atomic E-state index is 0.0114. The van der Waals surface area contributed by atoms with E-state index >= 15 is 0 Å². The number of anilines is 5. The number of fused-ring (bicyclic) bond motifs is 5. The lowest BCUT2D eigenvalue weighted by atomic mass is 10.1. The first-order valence-corrected chi connectivity index (χ1v) is 51.8. The molecule has 20 aromatic rings. The molecule has 0 bridgehead atoms. The Morgan fingerprint density at radius 2 is 0.510 bits per heavy atom. The first-order valence-electron chi connectivity index (χ1n) is 46.9. The second kappa shape index (κ2) is 46.9. The zero-order valence-corrected chi connectivity index (χ0v) is 92.7. The number of hydrogen-bond donors (Lipinski definition) is 5. The highest BCUT2D eigenvalue weighted by molar-refractivity contribution is 14.1. The molecule has 0 unspecified atom stereocenters. The van der Waals surface area contributed by atoms with Gasteiger partial charge in [-0.05, 0) is 216 Å². The van der Waals surface area contributed by atoms with Gasteiger partial charge in [-0.1, -0.05) is 101 Å². The molecule has 0 saturated heterocycles. The summed E-state index contributed by atoms with van der Waals surface area (Å²) in [6, 6.07) is 19.6. The zero-order chi connectivity index (χ0) is 106. The van der Waals surface area contributed by atoms with Gasteiger partial charge in [-0.25, -0.2) is 24.0 Å². The third-order valence-corrected chi connectivity index (χ3v) is 31.4. The molecule has 149 heavy (non-hydrogen) atoms. The van der Waals surface area contributed by atoms with E-state index in [2.05, 4.69) is 143 Å². The topological polar surface area (TPSA) is 492 Å².